The van der Waals surface area contributed by atoms with Crippen molar-refractivity contribution >= 4 is 0 Å². The van der Waals surface area contributed by atoms with Crippen LogP contribution in [0.4, 0.5) is 0 Å². The second-order valence-corrected chi connectivity index (χ2v) is 3.35. The summed E-state index contributed by atoms with van der Waals surface area (Å²) in [6.45, 7) is 3.98. The predicted molar refractivity (Wildman–Crippen MR) is 58.7 cm³/mol. The fourth-order valence-electron chi connectivity index (χ4n) is 1.05. The minimum atomic E-state index is -0.162. The van der Waals surface area contributed by atoms with Gasteiger partial charge in [0, 0.05) is 0 Å². The zero-order chi connectivity index (χ0) is 9.94. The zero-order valence-corrected chi connectivity index (χ0v) is 8.87. The molecule has 1 atom stereocenters. The second kappa shape index (κ2) is 9.53. The van der Waals surface area contributed by atoms with Crippen molar-refractivity contribution in [2.24, 2.45) is 0 Å². The van der Waals surface area contributed by atoms with E-state index < -0.39 is 0 Å². The van der Waals surface area contributed by atoms with Crippen LogP contribution >= 0.6 is 0 Å². The number of hydrogen-bond acceptors (Lipinski definition) is 1. The van der Waals surface area contributed by atoms with Crippen molar-refractivity contribution in [3.63, 3.8) is 0 Å². The van der Waals surface area contributed by atoms with E-state index >= 15 is 0 Å². The molecule has 0 aromatic rings. The van der Waals surface area contributed by atoms with Crippen LogP contribution < -0.4 is 0 Å². The van der Waals surface area contributed by atoms with E-state index in [1.165, 1.54) is 0 Å². The maximum absolute atomic E-state index is 8.98. The van der Waals surface area contributed by atoms with Crippen LogP contribution in [-0.2, 0) is 0 Å². The Bertz CT molecular complexity index is 145. The quantitative estimate of drug-likeness (QED) is 0.472. The van der Waals surface area contributed by atoms with Gasteiger partial charge in [0.2, 0.25) is 0 Å². The third-order valence-corrected chi connectivity index (χ3v) is 1.82. The lowest BCUT2D eigenvalue weighted by atomic mass is 10.2. The number of rotatable bonds is 7. The van der Waals surface area contributed by atoms with Gasteiger partial charge >= 0.3 is 0 Å². The average Bonchev–Trinajstić information content (AvgIpc) is 2.09. The molecule has 1 heteroatoms. The van der Waals surface area contributed by atoms with Crippen molar-refractivity contribution in [3.05, 3.63) is 24.3 Å². The number of aliphatic hydroxyl groups excluding tert-OH is 1. The van der Waals surface area contributed by atoms with Gasteiger partial charge in [-0.05, 0) is 39.0 Å². The van der Waals surface area contributed by atoms with Crippen LogP contribution in [0.1, 0.15) is 46.0 Å². The third kappa shape index (κ3) is 11.4. The molecule has 0 rings (SSSR count). The van der Waals surface area contributed by atoms with Crippen molar-refractivity contribution < 1.29 is 5.11 Å². The van der Waals surface area contributed by atoms with Gasteiger partial charge in [-0.3, -0.25) is 0 Å². The first-order valence-electron chi connectivity index (χ1n) is 5.25. The minimum Gasteiger partial charge on any atom is -0.393 e. The normalized spacial score (nSPS) is 14.4. The van der Waals surface area contributed by atoms with Crippen LogP contribution in [-0.4, -0.2) is 11.2 Å². The van der Waals surface area contributed by atoms with Crippen molar-refractivity contribution in [1.29, 1.82) is 0 Å². The molecule has 0 saturated heterocycles. The summed E-state index contributed by atoms with van der Waals surface area (Å²) in [5.74, 6) is 0. The highest BCUT2D eigenvalue weighted by molar-refractivity contribution is 4.87. The first-order valence-corrected chi connectivity index (χ1v) is 5.25. The van der Waals surface area contributed by atoms with Gasteiger partial charge in [-0.1, -0.05) is 31.2 Å². The molecule has 0 amide bonds. The molecular formula is C12H22O. The van der Waals surface area contributed by atoms with Gasteiger partial charge in [0.1, 0.15) is 0 Å². The molecule has 0 radical (unpaired) electrons. The van der Waals surface area contributed by atoms with E-state index in [1.807, 2.05) is 6.92 Å². The molecule has 0 fully saturated rings. The van der Waals surface area contributed by atoms with Gasteiger partial charge in [0.25, 0.3) is 0 Å². The van der Waals surface area contributed by atoms with Crippen LogP contribution in [0, 0.1) is 0 Å². The van der Waals surface area contributed by atoms with E-state index in [2.05, 4.69) is 31.2 Å². The minimum absolute atomic E-state index is 0.162. The van der Waals surface area contributed by atoms with Crippen molar-refractivity contribution in [2.45, 2.75) is 52.1 Å². The summed E-state index contributed by atoms with van der Waals surface area (Å²) in [5.41, 5.74) is 0. The molecule has 1 N–H and O–H groups in total. The molecule has 0 aliphatic carbocycles. The molecule has 13 heavy (non-hydrogen) atoms. The van der Waals surface area contributed by atoms with Gasteiger partial charge in [-0.25, -0.2) is 0 Å². The molecule has 0 spiro atoms. The molecule has 1 nitrogen and oxygen atoms in total. The van der Waals surface area contributed by atoms with E-state index in [1.54, 1.807) is 0 Å². The predicted octanol–water partition coefficient (Wildman–Crippen LogP) is 3.45. The van der Waals surface area contributed by atoms with Crippen LogP contribution in [0.5, 0.6) is 0 Å². The van der Waals surface area contributed by atoms with Crippen molar-refractivity contribution in [2.75, 3.05) is 0 Å². The summed E-state index contributed by atoms with van der Waals surface area (Å²) < 4.78 is 0. The highest BCUT2D eigenvalue weighted by Crippen LogP contribution is 1.99. The number of aliphatic hydroxyl groups is 1. The molecule has 0 aliphatic rings. The largest absolute Gasteiger partial charge is 0.393 e. The topological polar surface area (TPSA) is 20.2 Å². The first kappa shape index (κ1) is 12.4. The Morgan fingerprint density at radius 2 is 1.54 bits per heavy atom. The van der Waals surface area contributed by atoms with E-state index in [4.69, 9.17) is 5.11 Å². The molecule has 76 valence electrons. The Kier molecular flexibility index (Phi) is 9.12. The fourth-order valence-corrected chi connectivity index (χ4v) is 1.05. The Balaban J connectivity index is 3.17. The number of hydrogen-bond donors (Lipinski definition) is 1. The van der Waals surface area contributed by atoms with Crippen molar-refractivity contribution in [3.8, 4) is 0 Å². The maximum atomic E-state index is 8.98. The SMILES string of the molecule is CC/C=C/CC/C=C/CC[C@@H](C)O. The van der Waals surface area contributed by atoms with Gasteiger partial charge < -0.3 is 5.11 Å². The molecule has 0 unspecified atom stereocenters. The lowest BCUT2D eigenvalue weighted by molar-refractivity contribution is 0.186. The summed E-state index contributed by atoms with van der Waals surface area (Å²) in [7, 11) is 0. The molecule has 0 aromatic heterocycles. The number of unbranched alkanes of at least 4 members (excludes halogenated alkanes) is 1. The van der Waals surface area contributed by atoms with Crippen LogP contribution in [0.2, 0.25) is 0 Å². The van der Waals surface area contributed by atoms with Crippen LogP contribution in [0.25, 0.3) is 0 Å². The van der Waals surface area contributed by atoms with Gasteiger partial charge in [-0.2, -0.15) is 0 Å². The summed E-state index contributed by atoms with van der Waals surface area (Å²) in [5, 5.41) is 8.98. The monoisotopic (exact) mass is 182 g/mol. The first-order chi connectivity index (χ1) is 6.27. The Morgan fingerprint density at radius 3 is 2.08 bits per heavy atom. The van der Waals surface area contributed by atoms with E-state index in [9.17, 15) is 0 Å². The van der Waals surface area contributed by atoms with Crippen LogP contribution in [0.15, 0.2) is 24.3 Å². The lowest BCUT2D eigenvalue weighted by Crippen LogP contribution is -1.96. The summed E-state index contributed by atoms with van der Waals surface area (Å²) in [4.78, 5) is 0. The summed E-state index contributed by atoms with van der Waals surface area (Å²) in [6, 6.07) is 0. The Morgan fingerprint density at radius 1 is 1.00 bits per heavy atom. The summed E-state index contributed by atoms with van der Waals surface area (Å²) >= 11 is 0. The van der Waals surface area contributed by atoms with E-state index in [-0.39, 0.29) is 6.10 Å². The molecule has 0 heterocycles. The third-order valence-electron chi connectivity index (χ3n) is 1.82. The van der Waals surface area contributed by atoms with Gasteiger partial charge in [-0.15, -0.1) is 0 Å². The molecule has 0 saturated carbocycles. The fraction of sp³-hybridized carbons (Fsp3) is 0.667. The Labute approximate surface area is 82.2 Å². The highest BCUT2D eigenvalue weighted by Gasteiger charge is 1.90. The molecule has 0 aliphatic heterocycles. The standard InChI is InChI=1S/C12H22O/c1-3-4-5-6-7-8-9-10-11-12(2)13/h4-5,8-9,12-13H,3,6-7,10-11H2,1-2H3/b5-4+,9-8+/t12-/m1/s1. The highest BCUT2D eigenvalue weighted by atomic mass is 16.3. The maximum Gasteiger partial charge on any atom is 0.0515 e. The van der Waals surface area contributed by atoms with Gasteiger partial charge in [0.15, 0.2) is 0 Å². The van der Waals surface area contributed by atoms with Gasteiger partial charge in [0.05, 0.1) is 6.10 Å². The lowest BCUT2D eigenvalue weighted by Gasteiger charge is -1.97. The molecule has 0 bridgehead atoms. The zero-order valence-electron chi connectivity index (χ0n) is 8.87. The smallest absolute Gasteiger partial charge is 0.0515 e. The molecular weight excluding hydrogens is 160 g/mol. The second-order valence-electron chi connectivity index (χ2n) is 3.35. The van der Waals surface area contributed by atoms with Crippen LogP contribution in [0.3, 0.4) is 0 Å². The number of allylic oxidation sites excluding steroid dienone is 4. The van der Waals surface area contributed by atoms with E-state index in [0.29, 0.717) is 0 Å². The average molecular weight is 182 g/mol. The van der Waals surface area contributed by atoms with Crippen molar-refractivity contribution in [1.82, 2.24) is 0 Å². The Hall–Kier alpha value is -0.560. The summed E-state index contributed by atoms with van der Waals surface area (Å²) in [6.07, 6.45) is 13.9. The molecule has 0 aromatic carbocycles. The van der Waals surface area contributed by atoms with E-state index in [0.717, 1.165) is 32.1 Å².